The third-order valence-electron chi connectivity index (χ3n) is 2.91. The van der Waals surface area contributed by atoms with E-state index in [2.05, 4.69) is 21.2 Å². The number of hydrogen-bond donors (Lipinski definition) is 1. The van der Waals surface area contributed by atoms with E-state index in [1.165, 1.54) is 6.07 Å². The van der Waals surface area contributed by atoms with Gasteiger partial charge in [0.2, 0.25) is 5.91 Å². The standard InChI is InChI=1S/C12H10BrFN2O/c1-7-4-8(13)9(14)5-10(7)16-11(17)12(6-15)2-3-12/h4-5H,2-3H2,1H3,(H,16,17). The molecule has 3 nitrogen and oxygen atoms in total. The molecule has 0 aromatic heterocycles. The highest BCUT2D eigenvalue weighted by molar-refractivity contribution is 9.10. The van der Waals surface area contributed by atoms with Crippen LogP contribution >= 0.6 is 15.9 Å². The molecule has 1 saturated carbocycles. The molecule has 5 heteroatoms. The third-order valence-corrected chi connectivity index (χ3v) is 3.52. The van der Waals surface area contributed by atoms with Gasteiger partial charge in [0.25, 0.3) is 0 Å². The lowest BCUT2D eigenvalue weighted by Gasteiger charge is -2.11. The molecule has 0 aliphatic heterocycles. The number of aryl methyl sites for hydroxylation is 1. The van der Waals surface area contributed by atoms with E-state index in [9.17, 15) is 9.18 Å². The van der Waals surface area contributed by atoms with Crippen molar-refractivity contribution in [3.05, 3.63) is 28.0 Å². The SMILES string of the molecule is Cc1cc(Br)c(F)cc1NC(=O)C1(C#N)CC1. The van der Waals surface area contributed by atoms with Crippen LogP contribution in [0.15, 0.2) is 16.6 Å². The van der Waals surface area contributed by atoms with Gasteiger partial charge in [0.15, 0.2) is 0 Å². The lowest BCUT2D eigenvalue weighted by molar-refractivity contribution is -0.119. The van der Waals surface area contributed by atoms with Crippen LogP contribution in [0.3, 0.4) is 0 Å². The monoisotopic (exact) mass is 296 g/mol. The zero-order valence-corrected chi connectivity index (χ0v) is 10.8. The molecule has 17 heavy (non-hydrogen) atoms. The minimum atomic E-state index is -0.893. The highest BCUT2D eigenvalue weighted by atomic mass is 79.9. The predicted molar refractivity (Wildman–Crippen MR) is 64.7 cm³/mol. The Balaban J connectivity index is 2.23. The molecule has 1 aromatic rings. The molecule has 1 fully saturated rings. The Morgan fingerprint density at radius 1 is 1.59 bits per heavy atom. The molecule has 0 atom stereocenters. The first-order valence-electron chi connectivity index (χ1n) is 5.17. The molecule has 88 valence electrons. The van der Waals surface area contributed by atoms with Crippen molar-refractivity contribution >= 4 is 27.5 Å². The fourth-order valence-corrected chi connectivity index (χ4v) is 2.00. The summed E-state index contributed by atoms with van der Waals surface area (Å²) in [5.41, 5.74) is 0.272. The molecule has 1 aromatic carbocycles. The smallest absolute Gasteiger partial charge is 0.244 e. The van der Waals surface area contributed by atoms with Crippen LogP contribution in [-0.2, 0) is 4.79 Å². The summed E-state index contributed by atoms with van der Waals surface area (Å²) in [5.74, 6) is -0.780. The average molecular weight is 297 g/mol. The molecule has 0 unspecified atom stereocenters. The number of amides is 1. The second kappa shape index (κ2) is 4.11. The van der Waals surface area contributed by atoms with Gasteiger partial charge in [0.05, 0.1) is 10.5 Å². The average Bonchev–Trinajstić information content (AvgIpc) is 3.06. The number of halogens is 2. The van der Waals surface area contributed by atoms with Gasteiger partial charge in [-0.25, -0.2) is 4.39 Å². The van der Waals surface area contributed by atoms with Gasteiger partial charge in [-0.3, -0.25) is 4.79 Å². The van der Waals surface area contributed by atoms with Gasteiger partial charge in [-0.05, 0) is 53.4 Å². The summed E-state index contributed by atoms with van der Waals surface area (Å²) in [6.07, 6.45) is 1.15. The van der Waals surface area contributed by atoms with E-state index in [1.807, 2.05) is 6.07 Å². The van der Waals surface area contributed by atoms with Crippen LogP contribution in [-0.4, -0.2) is 5.91 Å². The predicted octanol–water partition coefficient (Wildman–Crippen LogP) is 3.14. The van der Waals surface area contributed by atoms with Crippen LogP contribution in [0.25, 0.3) is 0 Å². The Hall–Kier alpha value is -1.41. The van der Waals surface area contributed by atoms with Crippen LogP contribution in [0.1, 0.15) is 18.4 Å². The number of carbonyl (C=O) groups excluding carboxylic acids is 1. The van der Waals surface area contributed by atoms with Crippen LogP contribution in [0.5, 0.6) is 0 Å². The summed E-state index contributed by atoms with van der Waals surface area (Å²) in [6.45, 7) is 1.77. The topological polar surface area (TPSA) is 52.9 Å². The summed E-state index contributed by atoms with van der Waals surface area (Å²) in [4.78, 5) is 11.8. The normalized spacial score (nSPS) is 16.1. The largest absolute Gasteiger partial charge is 0.324 e. The summed E-state index contributed by atoms with van der Waals surface area (Å²) in [5, 5.41) is 11.5. The molecule has 1 aliphatic rings. The number of rotatable bonds is 2. The second-order valence-electron chi connectivity index (χ2n) is 4.23. The zero-order chi connectivity index (χ0) is 12.6. The van der Waals surface area contributed by atoms with Crippen molar-refractivity contribution in [3.8, 4) is 6.07 Å². The van der Waals surface area contributed by atoms with Crippen molar-refractivity contribution in [2.24, 2.45) is 5.41 Å². The Bertz CT molecular complexity index is 532. The van der Waals surface area contributed by atoms with Crippen molar-refractivity contribution in [1.82, 2.24) is 0 Å². The minimum Gasteiger partial charge on any atom is -0.324 e. The maximum Gasteiger partial charge on any atom is 0.244 e. The van der Waals surface area contributed by atoms with E-state index >= 15 is 0 Å². The molecule has 0 bridgehead atoms. The maximum atomic E-state index is 13.3. The van der Waals surface area contributed by atoms with Gasteiger partial charge < -0.3 is 5.32 Å². The maximum absolute atomic E-state index is 13.3. The second-order valence-corrected chi connectivity index (χ2v) is 5.08. The summed E-state index contributed by atoms with van der Waals surface area (Å²) < 4.78 is 13.7. The highest BCUT2D eigenvalue weighted by Gasteiger charge is 2.50. The van der Waals surface area contributed by atoms with E-state index in [0.29, 0.717) is 23.0 Å². The minimum absolute atomic E-state index is 0.343. The fraction of sp³-hybridized carbons (Fsp3) is 0.333. The van der Waals surface area contributed by atoms with Crippen LogP contribution in [0, 0.1) is 29.5 Å². The lowest BCUT2D eigenvalue weighted by Crippen LogP contribution is -2.23. The number of benzene rings is 1. The van der Waals surface area contributed by atoms with Gasteiger partial charge in [-0.2, -0.15) is 5.26 Å². The number of carbonyl (C=O) groups is 1. The number of anilines is 1. The van der Waals surface area contributed by atoms with Crippen LogP contribution < -0.4 is 5.32 Å². The first kappa shape index (κ1) is 12.1. The van der Waals surface area contributed by atoms with Crippen molar-refractivity contribution < 1.29 is 9.18 Å². The Morgan fingerprint density at radius 2 is 2.24 bits per heavy atom. The first-order chi connectivity index (χ1) is 7.98. The Morgan fingerprint density at radius 3 is 2.76 bits per heavy atom. The molecule has 1 aliphatic carbocycles. The Kier molecular flexibility index (Phi) is 2.92. The third kappa shape index (κ3) is 2.18. The fourth-order valence-electron chi connectivity index (χ4n) is 1.54. The quantitative estimate of drug-likeness (QED) is 0.911. The van der Waals surface area contributed by atoms with Crippen molar-refractivity contribution in [3.63, 3.8) is 0 Å². The lowest BCUT2D eigenvalue weighted by atomic mass is 10.1. The van der Waals surface area contributed by atoms with Gasteiger partial charge in [0.1, 0.15) is 11.2 Å². The number of hydrogen-bond acceptors (Lipinski definition) is 2. The van der Waals surface area contributed by atoms with Crippen LogP contribution in [0.2, 0.25) is 0 Å². The summed E-state index contributed by atoms with van der Waals surface area (Å²) in [6, 6.07) is 4.85. The van der Waals surface area contributed by atoms with Gasteiger partial charge in [-0.15, -0.1) is 0 Å². The first-order valence-corrected chi connectivity index (χ1v) is 5.96. The number of nitriles is 1. The molecule has 0 spiro atoms. The Labute approximate surface area is 107 Å². The van der Waals surface area contributed by atoms with E-state index in [1.54, 1.807) is 13.0 Å². The molecular weight excluding hydrogens is 287 g/mol. The van der Waals surface area contributed by atoms with E-state index < -0.39 is 11.2 Å². The van der Waals surface area contributed by atoms with E-state index in [0.717, 1.165) is 5.56 Å². The number of nitrogens with one attached hydrogen (secondary N) is 1. The summed E-state index contributed by atoms with van der Waals surface area (Å²) in [7, 11) is 0. The molecule has 0 saturated heterocycles. The highest BCUT2D eigenvalue weighted by Crippen LogP contribution is 2.45. The van der Waals surface area contributed by atoms with Crippen molar-refractivity contribution in [1.29, 1.82) is 5.26 Å². The van der Waals surface area contributed by atoms with Crippen molar-refractivity contribution in [2.45, 2.75) is 19.8 Å². The molecule has 1 amide bonds. The molecule has 0 radical (unpaired) electrons. The zero-order valence-electron chi connectivity index (χ0n) is 9.18. The van der Waals surface area contributed by atoms with E-state index in [-0.39, 0.29) is 5.91 Å². The van der Waals surface area contributed by atoms with E-state index in [4.69, 9.17) is 5.26 Å². The van der Waals surface area contributed by atoms with Gasteiger partial charge >= 0.3 is 0 Å². The molecule has 0 heterocycles. The van der Waals surface area contributed by atoms with Crippen LogP contribution in [0.4, 0.5) is 10.1 Å². The molecule has 1 N–H and O–H groups in total. The molecule has 2 rings (SSSR count). The molecular formula is C12H10BrFN2O. The summed E-state index contributed by atoms with van der Waals surface area (Å²) >= 11 is 3.07. The van der Waals surface area contributed by atoms with Gasteiger partial charge in [0, 0.05) is 5.69 Å². The number of nitrogens with zero attached hydrogens (tertiary/aromatic N) is 1. The van der Waals surface area contributed by atoms with Gasteiger partial charge in [-0.1, -0.05) is 0 Å². The van der Waals surface area contributed by atoms with Crippen molar-refractivity contribution in [2.75, 3.05) is 5.32 Å².